The van der Waals surface area contributed by atoms with Gasteiger partial charge in [0.05, 0.1) is 6.61 Å². The first kappa shape index (κ1) is 19.9. The molecule has 0 atom stereocenters. The molecule has 0 aliphatic heterocycles. The van der Waals surface area contributed by atoms with Crippen LogP contribution in [0.15, 0.2) is 68.3 Å². The number of benzene rings is 2. The van der Waals surface area contributed by atoms with Crippen molar-refractivity contribution in [2.75, 3.05) is 6.61 Å². The molecule has 0 aliphatic rings. The molecule has 1 aromatic heterocycles. The Labute approximate surface area is 166 Å². The van der Waals surface area contributed by atoms with Crippen LogP contribution in [0.3, 0.4) is 0 Å². The van der Waals surface area contributed by atoms with Crippen LogP contribution in [0.5, 0.6) is 5.75 Å². The summed E-state index contributed by atoms with van der Waals surface area (Å²) in [6, 6.07) is 13.0. The Morgan fingerprint density at radius 2 is 1.93 bits per heavy atom. The van der Waals surface area contributed by atoms with Gasteiger partial charge in [-0.3, -0.25) is 0 Å². The molecule has 2 N–H and O–H groups in total. The molecule has 1 heterocycles. The number of ether oxygens (including phenoxy) is 1. The Hall–Kier alpha value is -3.87. The number of aryl methyl sites for hydroxylation is 1. The van der Waals surface area contributed by atoms with Crippen LogP contribution in [0.4, 0.5) is 5.69 Å². The molecule has 0 unspecified atom stereocenters. The number of phenols is 1. The van der Waals surface area contributed by atoms with Gasteiger partial charge in [-0.05, 0) is 32.0 Å². The van der Waals surface area contributed by atoms with E-state index in [-0.39, 0.29) is 35.0 Å². The summed E-state index contributed by atoms with van der Waals surface area (Å²) in [5, 5.41) is 20.8. The van der Waals surface area contributed by atoms with E-state index in [0.29, 0.717) is 16.5 Å². The maximum absolute atomic E-state index is 12.3. The Morgan fingerprint density at radius 1 is 1.21 bits per heavy atom. The third-order valence-corrected chi connectivity index (χ3v) is 4.23. The van der Waals surface area contributed by atoms with E-state index < -0.39 is 11.6 Å². The van der Waals surface area contributed by atoms with Crippen molar-refractivity contribution >= 4 is 34.6 Å². The number of aliphatic imine (C=N–C) groups is 1. The van der Waals surface area contributed by atoms with Crippen molar-refractivity contribution in [2.45, 2.75) is 13.8 Å². The van der Waals surface area contributed by atoms with Crippen molar-refractivity contribution in [3.05, 3.63) is 75.7 Å². The second-order valence-corrected chi connectivity index (χ2v) is 6.15. The van der Waals surface area contributed by atoms with Crippen LogP contribution < -0.4 is 5.63 Å². The molecule has 29 heavy (non-hydrogen) atoms. The summed E-state index contributed by atoms with van der Waals surface area (Å²) < 4.78 is 10.3. The summed E-state index contributed by atoms with van der Waals surface area (Å²) in [5.74, 6) is -1.08. The van der Waals surface area contributed by atoms with Gasteiger partial charge >= 0.3 is 11.6 Å². The molecule has 3 aromatic rings. The summed E-state index contributed by atoms with van der Waals surface area (Å²) in [6.45, 7) is 3.38. The van der Waals surface area contributed by atoms with Crippen LogP contribution in [0.2, 0.25) is 0 Å². The highest BCUT2D eigenvalue weighted by Crippen LogP contribution is 2.27. The first-order chi connectivity index (χ1) is 13.9. The van der Waals surface area contributed by atoms with Gasteiger partial charge in [-0.25, -0.2) is 14.6 Å². The van der Waals surface area contributed by atoms with Gasteiger partial charge in [0.25, 0.3) is 0 Å². The number of phenolic OH excluding ortho intramolecular Hbond substituents is 1. The van der Waals surface area contributed by atoms with Crippen LogP contribution in [0, 0.1) is 6.92 Å². The topological polar surface area (TPSA) is 109 Å². The number of hydrogen-bond acceptors (Lipinski definition) is 7. The molecule has 7 heteroatoms. The Balaban J connectivity index is 2.08. The van der Waals surface area contributed by atoms with Crippen molar-refractivity contribution in [1.82, 2.24) is 0 Å². The number of hydrogen-bond donors (Lipinski definition) is 2. The Morgan fingerprint density at radius 3 is 2.62 bits per heavy atom. The molecule has 148 valence electrons. The highest BCUT2D eigenvalue weighted by molar-refractivity contribution is 6.15. The fraction of sp³-hybridized carbons (Fsp3) is 0.136. The van der Waals surface area contributed by atoms with E-state index in [2.05, 4.69) is 4.99 Å². The lowest BCUT2D eigenvalue weighted by atomic mass is 10.1. The monoisotopic (exact) mass is 393 g/mol. The summed E-state index contributed by atoms with van der Waals surface area (Å²) in [6.07, 6.45) is 1.08. The maximum Gasteiger partial charge on any atom is 0.362 e. The molecule has 0 radical (unpaired) electrons. The normalized spacial score (nSPS) is 12.2. The minimum Gasteiger partial charge on any atom is -0.508 e. The number of aliphatic hydroxyl groups excluding tert-OH is 1. The van der Waals surface area contributed by atoms with E-state index in [1.807, 2.05) is 0 Å². The minimum atomic E-state index is -0.774. The molecule has 0 saturated heterocycles. The van der Waals surface area contributed by atoms with E-state index >= 15 is 0 Å². The second kappa shape index (κ2) is 8.43. The zero-order valence-electron chi connectivity index (χ0n) is 15.9. The van der Waals surface area contributed by atoms with E-state index in [1.165, 1.54) is 12.1 Å². The fourth-order valence-corrected chi connectivity index (χ4v) is 2.70. The first-order valence-electron chi connectivity index (χ1n) is 8.88. The van der Waals surface area contributed by atoms with E-state index in [9.17, 15) is 19.8 Å². The van der Waals surface area contributed by atoms with Crippen LogP contribution in [-0.2, 0) is 9.53 Å². The highest BCUT2D eigenvalue weighted by Gasteiger charge is 2.17. The summed E-state index contributed by atoms with van der Waals surface area (Å²) in [7, 11) is 0. The van der Waals surface area contributed by atoms with Gasteiger partial charge in [-0.15, -0.1) is 0 Å². The maximum atomic E-state index is 12.3. The third-order valence-electron chi connectivity index (χ3n) is 4.23. The van der Waals surface area contributed by atoms with Crippen molar-refractivity contribution < 1.29 is 24.2 Å². The van der Waals surface area contributed by atoms with E-state index in [4.69, 9.17) is 9.15 Å². The summed E-state index contributed by atoms with van der Waals surface area (Å²) >= 11 is 0. The molecular formula is C22H19NO6. The number of aliphatic hydroxyl groups is 1. The first-order valence-corrected chi connectivity index (χ1v) is 8.88. The Kier molecular flexibility index (Phi) is 5.78. The van der Waals surface area contributed by atoms with Gasteiger partial charge in [0.2, 0.25) is 0 Å². The molecular weight excluding hydrogens is 374 g/mol. The van der Waals surface area contributed by atoms with Gasteiger partial charge in [0.15, 0.2) is 0 Å². The van der Waals surface area contributed by atoms with Crippen molar-refractivity contribution in [3.63, 3.8) is 0 Å². The molecule has 0 saturated carbocycles. The van der Waals surface area contributed by atoms with Crippen molar-refractivity contribution in [2.24, 2.45) is 4.99 Å². The molecule has 0 amide bonds. The van der Waals surface area contributed by atoms with Crippen LogP contribution >= 0.6 is 0 Å². The van der Waals surface area contributed by atoms with Crippen LogP contribution in [0.1, 0.15) is 18.1 Å². The average molecular weight is 393 g/mol. The predicted molar refractivity (Wildman–Crippen MR) is 110 cm³/mol. The lowest BCUT2D eigenvalue weighted by molar-refractivity contribution is -0.137. The van der Waals surface area contributed by atoms with Crippen LogP contribution in [0.25, 0.3) is 16.7 Å². The zero-order chi connectivity index (χ0) is 21.0. The van der Waals surface area contributed by atoms with Crippen molar-refractivity contribution in [1.29, 1.82) is 0 Å². The largest absolute Gasteiger partial charge is 0.508 e. The number of esters is 1. The lowest BCUT2D eigenvalue weighted by Crippen LogP contribution is -2.11. The number of carbonyl (C=O) groups excluding carboxylic acids is 1. The van der Waals surface area contributed by atoms with E-state index in [0.717, 1.165) is 6.21 Å². The number of carbonyl (C=O) groups is 1. The zero-order valence-corrected chi connectivity index (χ0v) is 15.9. The van der Waals surface area contributed by atoms with Gasteiger partial charge in [-0.2, -0.15) is 0 Å². The quantitative estimate of drug-likeness (QED) is 0.223. The fourth-order valence-electron chi connectivity index (χ4n) is 2.70. The predicted octanol–water partition coefficient (Wildman–Crippen LogP) is 4.04. The Bertz CT molecular complexity index is 1180. The molecule has 2 aromatic carbocycles. The minimum absolute atomic E-state index is 0.0113. The smallest absolute Gasteiger partial charge is 0.362 e. The van der Waals surface area contributed by atoms with Crippen LogP contribution in [-0.4, -0.2) is 29.0 Å². The number of fused-ring (bicyclic) bond motifs is 1. The molecule has 0 fully saturated rings. The van der Waals surface area contributed by atoms with Gasteiger partial charge in [0, 0.05) is 22.7 Å². The number of rotatable bonds is 5. The average Bonchev–Trinajstić information content (AvgIpc) is 2.72. The summed E-state index contributed by atoms with van der Waals surface area (Å²) in [5.41, 5.74) is 0.0828. The van der Waals surface area contributed by atoms with Gasteiger partial charge in [-0.1, -0.05) is 30.3 Å². The second-order valence-electron chi connectivity index (χ2n) is 6.15. The third kappa shape index (κ3) is 4.19. The molecule has 0 bridgehead atoms. The molecule has 0 aliphatic carbocycles. The number of nitrogens with zero attached hydrogens (tertiary/aromatic N) is 1. The van der Waals surface area contributed by atoms with Gasteiger partial charge < -0.3 is 19.4 Å². The molecule has 0 spiro atoms. The molecule has 3 rings (SSSR count). The highest BCUT2D eigenvalue weighted by atomic mass is 16.5. The van der Waals surface area contributed by atoms with Gasteiger partial charge in [0.1, 0.15) is 28.4 Å². The SMILES string of the molecule is CCOC(=O)/C(C=Nc1cc2ccc(O)c(C)c2oc1=O)=C(/O)c1ccccc1. The molecule has 7 nitrogen and oxygen atoms in total. The summed E-state index contributed by atoms with van der Waals surface area (Å²) in [4.78, 5) is 28.6. The lowest BCUT2D eigenvalue weighted by Gasteiger charge is -2.07. The standard InChI is InChI=1S/C22H19NO6/c1-3-28-21(26)16(19(25)14-7-5-4-6-8-14)12-23-17-11-15-9-10-18(24)13(2)20(15)29-22(17)27/h4-12,24-25H,3H2,1-2H3/b19-16+,23-12?. The number of aromatic hydroxyl groups is 1. The van der Waals surface area contributed by atoms with Crippen molar-refractivity contribution in [3.8, 4) is 5.75 Å². The van der Waals surface area contributed by atoms with E-state index in [1.54, 1.807) is 50.2 Å².